The van der Waals surface area contributed by atoms with Crippen molar-refractivity contribution in [3.8, 4) is 0 Å². The molecule has 20 heavy (non-hydrogen) atoms. The zero-order valence-corrected chi connectivity index (χ0v) is 10.7. The Labute approximate surface area is 117 Å². The Morgan fingerprint density at radius 2 is 2.30 bits per heavy atom. The third kappa shape index (κ3) is 3.18. The van der Waals surface area contributed by atoms with Crippen molar-refractivity contribution in [2.24, 2.45) is 5.10 Å². The molecule has 0 amide bonds. The third-order valence-electron chi connectivity index (χ3n) is 2.28. The quantitative estimate of drug-likeness (QED) is 0.507. The third-order valence-corrected chi connectivity index (χ3v) is 2.65. The Bertz CT molecular complexity index is 728. The number of halogens is 1. The Morgan fingerprint density at radius 1 is 1.50 bits per heavy atom. The fourth-order valence-electron chi connectivity index (χ4n) is 1.36. The molecular formula is C11H8ClN5O3. The first-order chi connectivity index (χ1) is 9.58. The van der Waals surface area contributed by atoms with Gasteiger partial charge in [0.25, 0.3) is 11.2 Å². The van der Waals surface area contributed by atoms with Gasteiger partial charge in [-0.25, -0.2) is 5.10 Å². The van der Waals surface area contributed by atoms with Gasteiger partial charge in [-0.1, -0.05) is 23.7 Å². The second-order valence-corrected chi connectivity index (χ2v) is 4.03. The van der Waals surface area contributed by atoms with Crippen molar-refractivity contribution in [3.63, 3.8) is 0 Å². The summed E-state index contributed by atoms with van der Waals surface area (Å²) in [6.45, 7) is 0. The highest BCUT2D eigenvalue weighted by molar-refractivity contribution is 6.32. The molecule has 0 bridgehead atoms. The van der Waals surface area contributed by atoms with Crippen LogP contribution in [0.2, 0.25) is 5.02 Å². The van der Waals surface area contributed by atoms with Crippen LogP contribution in [0.1, 0.15) is 5.56 Å². The van der Waals surface area contributed by atoms with Crippen LogP contribution in [0, 0.1) is 10.1 Å². The van der Waals surface area contributed by atoms with Gasteiger partial charge in [-0.3, -0.25) is 20.3 Å². The second-order valence-electron chi connectivity index (χ2n) is 3.65. The molecule has 0 saturated heterocycles. The van der Waals surface area contributed by atoms with Crippen LogP contribution in [-0.4, -0.2) is 21.3 Å². The van der Waals surface area contributed by atoms with Gasteiger partial charge in [0.05, 0.1) is 17.3 Å². The maximum absolute atomic E-state index is 11.2. The highest BCUT2D eigenvalue weighted by Crippen LogP contribution is 2.14. The number of rotatable bonds is 4. The maximum Gasteiger partial charge on any atom is 0.285 e. The molecule has 9 heteroatoms. The van der Waals surface area contributed by atoms with E-state index in [1.165, 1.54) is 24.5 Å². The number of H-pyrrole nitrogens is 1. The molecule has 0 spiro atoms. The van der Waals surface area contributed by atoms with Crippen LogP contribution in [0.5, 0.6) is 0 Å². The summed E-state index contributed by atoms with van der Waals surface area (Å²) in [5.41, 5.74) is 2.72. The largest absolute Gasteiger partial charge is 0.285 e. The molecule has 0 unspecified atom stereocenters. The number of aromatic amines is 1. The monoisotopic (exact) mass is 293 g/mol. The van der Waals surface area contributed by atoms with Crippen molar-refractivity contribution in [2.45, 2.75) is 0 Å². The Morgan fingerprint density at radius 3 is 3.05 bits per heavy atom. The van der Waals surface area contributed by atoms with Crippen molar-refractivity contribution < 1.29 is 4.92 Å². The van der Waals surface area contributed by atoms with Crippen LogP contribution in [0.15, 0.2) is 40.4 Å². The van der Waals surface area contributed by atoms with Crippen molar-refractivity contribution in [1.29, 1.82) is 0 Å². The van der Waals surface area contributed by atoms with Gasteiger partial charge in [-0.15, -0.1) is 0 Å². The number of nitrogens with one attached hydrogen (secondary N) is 2. The molecule has 0 fully saturated rings. The number of aromatic nitrogens is 2. The number of nitro benzene ring substituents is 1. The van der Waals surface area contributed by atoms with Crippen molar-refractivity contribution >= 4 is 29.2 Å². The number of hydrazone groups is 1. The first-order valence-corrected chi connectivity index (χ1v) is 5.72. The van der Waals surface area contributed by atoms with Crippen LogP contribution >= 0.6 is 11.6 Å². The fraction of sp³-hybridized carbons (Fsp3) is 0. The highest BCUT2D eigenvalue weighted by Gasteiger charge is 2.05. The number of nitro groups is 1. The summed E-state index contributed by atoms with van der Waals surface area (Å²) in [6.07, 6.45) is 2.67. The van der Waals surface area contributed by atoms with Crippen LogP contribution in [-0.2, 0) is 0 Å². The van der Waals surface area contributed by atoms with Crippen molar-refractivity contribution in [3.05, 3.63) is 61.5 Å². The molecule has 2 N–H and O–H groups in total. The van der Waals surface area contributed by atoms with Gasteiger partial charge < -0.3 is 0 Å². The lowest BCUT2D eigenvalue weighted by Gasteiger charge is -2.00. The van der Waals surface area contributed by atoms with Gasteiger partial charge in [0.2, 0.25) is 0 Å². The van der Waals surface area contributed by atoms with Gasteiger partial charge in [-0.05, 0) is 0 Å². The van der Waals surface area contributed by atoms with E-state index in [2.05, 4.69) is 20.7 Å². The zero-order chi connectivity index (χ0) is 14.5. The number of non-ortho nitro benzene ring substituents is 1. The van der Waals surface area contributed by atoms with E-state index < -0.39 is 10.5 Å². The standard InChI is InChI=1S/C11H8ClN5O3/c12-10-9(6-14-16-11(10)18)15-13-5-7-2-1-3-8(4-7)17(19)20/h1-6H,(H2,15,16,18)/b13-5+. The molecule has 1 aromatic heterocycles. The van der Waals surface area contributed by atoms with E-state index in [1.54, 1.807) is 12.1 Å². The molecule has 2 aromatic rings. The average molecular weight is 294 g/mol. The van der Waals surface area contributed by atoms with E-state index in [0.717, 1.165) is 0 Å². The number of anilines is 1. The van der Waals surface area contributed by atoms with E-state index in [9.17, 15) is 14.9 Å². The summed E-state index contributed by atoms with van der Waals surface area (Å²) in [4.78, 5) is 21.3. The molecule has 1 aromatic carbocycles. The lowest BCUT2D eigenvalue weighted by atomic mass is 10.2. The minimum absolute atomic E-state index is 0.0372. The summed E-state index contributed by atoms with van der Waals surface area (Å²) in [6, 6.07) is 5.93. The summed E-state index contributed by atoms with van der Waals surface area (Å²) in [7, 11) is 0. The summed E-state index contributed by atoms with van der Waals surface area (Å²) in [5.74, 6) is 0. The van der Waals surface area contributed by atoms with Crippen LogP contribution in [0.4, 0.5) is 11.4 Å². The van der Waals surface area contributed by atoms with E-state index in [0.29, 0.717) is 5.56 Å². The van der Waals surface area contributed by atoms with Gasteiger partial charge >= 0.3 is 0 Å². The number of benzene rings is 1. The minimum atomic E-state index is -0.540. The Balaban J connectivity index is 2.14. The average Bonchev–Trinajstić information content (AvgIpc) is 2.44. The van der Waals surface area contributed by atoms with E-state index in [-0.39, 0.29) is 16.4 Å². The summed E-state index contributed by atoms with van der Waals surface area (Å²) < 4.78 is 0. The van der Waals surface area contributed by atoms with Crippen molar-refractivity contribution in [2.75, 3.05) is 5.43 Å². The number of hydrogen-bond acceptors (Lipinski definition) is 6. The van der Waals surface area contributed by atoms with Crippen LogP contribution in [0.3, 0.4) is 0 Å². The molecule has 0 atom stereocenters. The number of hydrogen-bond donors (Lipinski definition) is 2. The molecular weight excluding hydrogens is 286 g/mol. The second kappa shape index (κ2) is 5.93. The smallest absolute Gasteiger partial charge is 0.275 e. The van der Waals surface area contributed by atoms with Crippen LogP contribution < -0.4 is 11.0 Å². The first kappa shape index (κ1) is 13.7. The molecule has 2 rings (SSSR count). The van der Waals surface area contributed by atoms with Gasteiger partial charge in [-0.2, -0.15) is 10.2 Å². The van der Waals surface area contributed by atoms with E-state index in [4.69, 9.17) is 11.6 Å². The summed E-state index contributed by atoms with van der Waals surface area (Å²) >= 11 is 5.73. The Hall–Kier alpha value is -2.74. The van der Waals surface area contributed by atoms with Gasteiger partial charge in [0.15, 0.2) is 0 Å². The van der Waals surface area contributed by atoms with Gasteiger partial charge in [0.1, 0.15) is 10.7 Å². The Kier molecular flexibility index (Phi) is 4.06. The summed E-state index contributed by atoms with van der Waals surface area (Å²) in [5, 5.41) is 20.1. The lowest BCUT2D eigenvalue weighted by molar-refractivity contribution is -0.384. The van der Waals surface area contributed by atoms with E-state index >= 15 is 0 Å². The number of nitrogens with zero attached hydrogens (tertiary/aromatic N) is 3. The molecule has 1 heterocycles. The topological polar surface area (TPSA) is 113 Å². The van der Waals surface area contributed by atoms with Crippen molar-refractivity contribution in [1.82, 2.24) is 10.2 Å². The van der Waals surface area contributed by atoms with Gasteiger partial charge in [0, 0.05) is 17.7 Å². The molecule has 102 valence electrons. The zero-order valence-electron chi connectivity index (χ0n) is 9.91. The normalized spacial score (nSPS) is 10.7. The molecule has 0 radical (unpaired) electrons. The fourth-order valence-corrected chi connectivity index (χ4v) is 1.49. The lowest BCUT2D eigenvalue weighted by Crippen LogP contribution is -2.10. The predicted octanol–water partition coefficient (Wildman–Crippen LogP) is 1.78. The maximum atomic E-state index is 11.2. The molecule has 0 aliphatic rings. The SMILES string of the molecule is O=c1[nH]ncc(N/N=C/c2cccc([N+](=O)[O-])c2)c1Cl. The highest BCUT2D eigenvalue weighted by atomic mass is 35.5. The molecule has 8 nitrogen and oxygen atoms in total. The molecule has 0 aliphatic heterocycles. The molecule has 0 saturated carbocycles. The minimum Gasteiger partial charge on any atom is -0.275 e. The van der Waals surface area contributed by atoms with Crippen LogP contribution in [0.25, 0.3) is 0 Å². The predicted molar refractivity (Wildman–Crippen MR) is 74.2 cm³/mol. The van der Waals surface area contributed by atoms with E-state index in [1.807, 2.05) is 0 Å². The molecule has 0 aliphatic carbocycles. The first-order valence-electron chi connectivity index (χ1n) is 5.34.